The summed E-state index contributed by atoms with van der Waals surface area (Å²) in [7, 11) is 0. The Bertz CT molecular complexity index is 939. The molecule has 7 heteroatoms. The zero-order chi connectivity index (χ0) is 19.1. The summed E-state index contributed by atoms with van der Waals surface area (Å²) in [5.41, 5.74) is 2.25. The monoisotopic (exact) mass is 427 g/mol. The van der Waals surface area contributed by atoms with Gasteiger partial charge in [-0.15, -0.1) is 5.10 Å². The van der Waals surface area contributed by atoms with Crippen LogP contribution < -0.4 is 4.74 Å². The predicted molar refractivity (Wildman–Crippen MR) is 106 cm³/mol. The predicted octanol–water partition coefficient (Wildman–Crippen LogP) is 4.50. The van der Waals surface area contributed by atoms with Gasteiger partial charge in [0.2, 0.25) is 0 Å². The molecule has 3 aromatic rings. The molecule has 0 aliphatic carbocycles. The molecule has 0 aliphatic heterocycles. The van der Waals surface area contributed by atoms with Gasteiger partial charge in [-0.1, -0.05) is 52.3 Å². The molecule has 0 atom stereocenters. The van der Waals surface area contributed by atoms with Gasteiger partial charge in [0.05, 0.1) is 6.61 Å². The van der Waals surface area contributed by atoms with Crippen LogP contribution in [0.2, 0.25) is 0 Å². The van der Waals surface area contributed by atoms with Crippen molar-refractivity contribution in [2.24, 2.45) is 0 Å². The lowest BCUT2D eigenvalue weighted by Gasteiger charge is -2.10. The van der Waals surface area contributed by atoms with Gasteiger partial charge in [0.15, 0.2) is 5.69 Å². The molecule has 6 nitrogen and oxygen atoms in total. The second kappa shape index (κ2) is 9.14. The van der Waals surface area contributed by atoms with Gasteiger partial charge >= 0.3 is 5.97 Å². The number of aromatic nitrogens is 3. The first kappa shape index (κ1) is 18.8. The van der Waals surface area contributed by atoms with Gasteiger partial charge < -0.3 is 9.47 Å². The van der Waals surface area contributed by atoms with Crippen LogP contribution in [-0.2, 0) is 4.74 Å². The molecule has 0 amide bonds. The minimum Gasteiger partial charge on any atom is -0.489 e. The van der Waals surface area contributed by atoms with Gasteiger partial charge in [-0.25, -0.2) is 4.79 Å². The van der Waals surface area contributed by atoms with E-state index in [4.69, 9.17) is 9.47 Å². The fraction of sp³-hybridized carbons (Fsp3) is 0.150. The van der Waals surface area contributed by atoms with Crippen LogP contribution in [0.1, 0.15) is 23.0 Å². The van der Waals surface area contributed by atoms with E-state index in [2.05, 4.69) is 31.3 Å². The highest BCUT2D eigenvalue weighted by Crippen LogP contribution is 2.33. The minimum absolute atomic E-state index is 0.125. The van der Waals surface area contributed by atoms with Gasteiger partial charge in [0.1, 0.15) is 18.1 Å². The second-order valence-electron chi connectivity index (χ2n) is 5.51. The average molecular weight is 428 g/mol. The fourth-order valence-electron chi connectivity index (χ4n) is 2.46. The molecule has 0 unspecified atom stereocenters. The maximum atomic E-state index is 12.1. The molecule has 1 N–H and O–H groups in total. The Labute approximate surface area is 165 Å². The number of hydrogen-bond donors (Lipinski definition) is 1. The number of benzene rings is 2. The molecule has 2 aromatic carbocycles. The molecular weight excluding hydrogens is 410 g/mol. The summed E-state index contributed by atoms with van der Waals surface area (Å²) in [6.45, 7) is 2.37. The molecule has 27 heavy (non-hydrogen) atoms. The largest absolute Gasteiger partial charge is 0.489 e. The molecule has 3 rings (SSSR count). The van der Waals surface area contributed by atoms with Gasteiger partial charge in [-0.2, -0.15) is 10.3 Å². The molecule has 0 aliphatic rings. The Kier molecular flexibility index (Phi) is 6.38. The van der Waals surface area contributed by atoms with Crippen LogP contribution in [0.3, 0.4) is 0 Å². The number of hydrogen-bond acceptors (Lipinski definition) is 5. The van der Waals surface area contributed by atoms with Crippen LogP contribution in [-0.4, -0.2) is 34.6 Å². The number of H-pyrrole nitrogens is 1. The number of nitrogens with one attached hydrogen (secondary N) is 1. The number of esters is 1. The third-order valence-electron chi connectivity index (χ3n) is 3.66. The molecule has 1 aromatic heterocycles. The van der Waals surface area contributed by atoms with E-state index < -0.39 is 5.97 Å². The summed E-state index contributed by atoms with van der Waals surface area (Å²) in [6, 6.07) is 15.5. The summed E-state index contributed by atoms with van der Waals surface area (Å²) < 4.78 is 11.8. The van der Waals surface area contributed by atoms with Crippen molar-refractivity contribution in [2.75, 3.05) is 13.2 Å². The van der Waals surface area contributed by atoms with Crippen molar-refractivity contribution in [1.29, 1.82) is 0 Å². The highest BCUT2D eigenvalue weighted by atomic mass is 79.9. The minimum atomic E-state index is -0.531. The van der Waals surface area contributed by atoms with Gasteiger partial charge in [0, 0.05) is 10.0 Å². The Morgan fingerprint density at radius 1 is 1.19 bits per heavy atom. The Morgan fingerprint density at radius 2 is 2.00 bits per heavy atom. The van der Waals surface area contributed by atoms with Crippen LogP contribution in [0.15, 0.2) is 59.1 Å². The highest BCUT2D eigenvalue weighted by Gasteiger charge is 2.22. The van der Waals surface area contributed by atoms with Crippen LogP contribution >= 0.6 is 15.9 Å². The quantitative estimate of drug-likeness (QED) is 0.561. The van der Waals surface area contributed by atoms with Crippen LogP contribution in [0.4, 0.5) is 0 Å². The Balaban J connectivity index is 1.81. The lowest BCUT2D eigenvalue weighted by Crippen LogP contribution is -2.07. The third kappa shape index (κ3) is 4.83. The Morgan fingerprint density at radius 3 is 2.78 bits per heavy atom. The number of aromatic amines is 1. The van der Waals surface area contributed by atoms with Crippen molar-refractivity contribution >= 4 is 28.0 Å². The first-order valence-electron chi connectivity index (χ1n) is 8.41. The number of carbonyl (C=O) groups is 1. The number of carbonyl (C=O) groups excluding carboxylic acids is 1. The summed E-state index contributed by atoms with van der Waals surface area (Å²) in [5.74, 6) is 0.0616. The lowest BCUT2D eigenvalue weighted by atomic mass is 10.1. The second-order valence-corrected chi connectivity index (χ2v) is 6.42. The summed E-state index contributed by atoms with van der Waals surface area (Å²) in [4.78, 5) is 12.1. The van der Waals surface area contributed by atoms with Crippen molar-refractivity contribution in [3.63, 3.8) is 0 Å². The van der Waals surface area contributed by atoms with Crippen molar-refractivity contribution < 1.29 is 14.3 Å². The van der Waals surface area contributed by atoms with Gasteiger partial charge in [-0.3, -0.25) is 0 Å². The van der Waals surface area contributed by atoms with E-state index in [1.54, 1.807) is 6.92 Å². The van der Waals surface area contributed by atoms with Crippen molar-refractivity contribution in [2.45, 2.75) is 6.92 Å². The van der Waals surface area contributed by atoms with Gasteiger partial charge in [-0.05, 0) is 36.8 Å². The van der Waals surface area contributed by atoms with Crippen LogP contribution in [0.25, 0.3) is 17.3 Å². The lowest BCUT2D eigenvalue weighted by molar-refractivity contribution is 0.0520. The standard InChI is InChI=1S/C20H18BrN3O3/c1-2-26-20(25)19-18(22-24-23-19)16-13-15(21)10-11-17(16)27-12-6-9-14-7-4-3-5-8-14/h3-11,13H,2,12H2,1H3,(H,22,23,24). The molecule has 0 saturated carbocycles. The fourth-order valence-corrected chi connectivity index (χ4v) is 2.82. The third-order valence-corrected chi connectivity index (χ3v) is 4.15. The van der Waals surface area contributed by atoms with Crippen LogP contribution in [0.5, 0.6) is 5.75 Å². The molecule has 0 radical (unpaired) electrons. The van der Waals surface area contributed by atoms with E-state index in [0.717, 1.165) is 10.0 Å². The first-order chi connectivity index (χ1) is 13.2. The number of nitrogens with zero attached hydrogens (tertiary/aromatic N) is 2. The average Bonchev–Trinajstić information content (AvgIpc) is 3.17. The van der Waals surface area contributed by atoms with Gasteiger partial charge in [0.25, 0.3) is 0 Å². The highest BCUT2D eigenvalue weighted by molar-refractivity contribution is 9.10. The zero-order valence-corrected chi connectivity index (χ0v) is 16.3. The summed E-state index contributed by atoms with van der Waals surface area (Å²) in [6.07, 6.45) is 3.91. The Hall–Kier alpha value is -2.93. The van der Waals surface area contributed by atoms with Crippen LogP contribution in [0, 0.1) is 0 Å². The molecule has 0 spiro atoms. The SMILES string of the molecule is CCOC(=O)c1n[nH]nc1-c1cc(Br)ccc1OCC=Cc1ccccc1. The normalized spacial score (nSPS) is 10.9. The molecule has 0 fully saturated rings. The molecule has 1 heterocycles. The first-order valence-corrected chi connectivity index (χ1v) is 9.20. The number of halogens is 1. The zero-order valence-electron chi connectivity index (χ0n) is 14.7. The molecule has 0 saturated heterocycles. The smallest absolute Gasteiger partial charge is 0.361 e. The van der Waals surface area contributed by atoms with Crippen molar-refractivity contribution in [3.05, 3.63) is 70.3 Å². The molecular formula is C20H18BrN3O3. The van der Waals surface area contributed by atoms with E-state index in [1.165, 1.54) is 0 Å². The maximum absolute atomic E-state index is 12.1. The number of ether oxygens (including phenoxy) is 2. The van der Waals surface area contributed by atoms with E-state index in [9.17, 15) is 4.79 Å². The summed E-state index contributed by atoms with van der Waals surface area (Å²) >= 11 is 3.44. The molecule has 0 bridgehead atoms. The molecule has 138 valence electrons. The maximum Gasteiger partial charge on any atom is 0.361 e. The van der Waals surface area contributed by atoms with Crippen molar-refractivity contribution in [3.8, 4) is 17.0 Å². The van der Waals surface area contributed by atoms with E-state index in [1.807, 2.05) is 60.7 Å². The van der Waals surface area contributed by atoms with E-state index in [0.29, 0.717) is 23.6 Å². The number of rotatable bonds is 7. The van der Waals surface area contributed by atoms with E-state index >= 15 is 0 Å². The topological polar surface area (TPSA) is 77.1 Å². The van der Waals surface area contributed by atoms with E-state index in [-0.39, 0.29) is 12.3 Å². The summed E-state index contributed by atoms with van der Waals surface area (Å²) in [5, 5.41) is 10.5. The van der Waals surface area contributed by atoms with Crippen molar-refractivity contribution in [1.82, 2.24) is 15.4 Å².